The summed E-state index contributed by atoms with van der Waals surface area (Å²) in [6.07, 6.45) is 8.01. The maximum Gasteiger partial charge on any atom is 0.150 e. The number of hydrogen-bond acceptors (Lipinski definition) is 4. The van der Waals surface area contributed by atoms with E-state index in [2.05, 4.69) is 37.0 Å². The highest BCUT2D eigenvalue weighted by Crippen LogP contribution is 2.56. The van der Waals surface area contributed by atoms with Gasteiger partial charge in [-0.25, -0.2) is 18.7 Å². The number of unbranched alkanes of at least 4 members (excludes halogenated alkanes) is 2. The molecule has 0 N–H and O–H groups in total. The van der Waals surface area contributed by atoms with Gasteiger partial charge in [0.15, 0.2) is 0 Å². The minimum absolute atomic E-state index is 0.187. The van der Waals surface area contributed by atoms with Crippen molar-refractivity contribution in [2.75, 3.05) is 12.0 Å². The van der Waals surface area contributed by atoms with Gasteiger partial charge < -0.3 is 4.74 Å². The number of anilines is 3. The lowest BCUT2D eigenvalue weighted by atomic mass is 9.71. The first kappa shape index (κ1) is 29.5. The number of aromatic nitrogens is 2. The maximum absolute atomic E-state index is 15.7. The number of para-hydroxylation sites is 1. The van der Waals surface area contributed by atoms with Crippen LogP contribution in [0.15, 0.2) is 97.2 Å². The van der Waals surface area contributed by atoms with Crippen LogP contribution in [0, 0.1) is 11.6 Å². The Morgan fingerprint density at radius 2 is 1.52 bits per heavy atom. The van der Waals surface area contributed by atoms with Crippen molar-refractivity contribution in [1.82, 2.24) is 9.97 Å². The van der Waals surface area contributed by atoms with Gasteiger partial charge in [-0.15, -0.1) is 0 Å². The summed E-state index contributed by atoms with van der Waals surface area (Å²) in [7, 11) is 1.68. The number of nitrogens with zero attached hydrogens (tertiary/aromatic N) is 3. The van der Waals surface area contributed by atoms with E-state index < -0.39 is 11.6 Å². The molecule has 0 fully saturated rings. The molecule has 0 saturated heterocycles. The summed E-state index contributed by atoms with van der Waals surface area (Å²) in [6.45, 7) is 4.44. The Kier molecular flexibility index (Phi) is 8.42. The zero-order valence-electron chi connectivity index (χ0n) is 25.5. The van der Waals surface area contributed by atoms with E-state index >= 15 is 8.78 Å². The third-order valence-corrected chi connectivity index (χ3v) is 8.77. The molecule has 6 rings (SSSR count). The van der Waals surface area contributed by atoms with E-state index in [4.69, 9.17) is 9.72 Å². The smallest absolute Gasteiger partial charge is 0.150 e. The van der Waals surface area contributed by atoms with Crippen LogP contribution in [0.4, 0.5) is 26.0 Å². The third kappa shape index (κ3) is 5.12. The second-order valence-electron chi connectivity index (χ2n) is 11.4. The van der Waals surface area contributed by atoms with Gasteiger partial charge in [0.05, 0.1) is 24.2 Å². The average Bonchev–Trinajstić information content (AvgIpc) is 3.34. The van der Waals surface area contributed by atoms with Gasteiger partial charge in [0, 0.05) is 34.5 Å². The molecular weight excluding hydrogens is 552 g/mol. The van der Waals surface area contributed by atoms with E-state index in [-0.39, 0.29) is 16.7 Å². The Labute approximate surface area is 258 Å². The van der Waals surface area contributed by atoms with Crippen molar-refractivity contribution in [3.63, 3.8) is 0 Å². The highest BCUT2D eigenvalue weighted by atomic mass is 19.1. The van der Waals surface area contributed by atoms with E-state index in [9.17, 15) is 0 Å². The number of ether oxygens (including phenoxy) is 1. The van der Waals surface area contributed by atoms with Gasteiger partial charge in [-0.2, -0.15) is 0 Å². The summed E-state index contributed by atoms with van der Waals surface area (Å²) < 4.78 is 37.3. The summed E-state index contributed by atoms with van der Waals surface area (Å²) >= 11 is 0. The van der Waals surface area contributed by atoms with Gasteiger partial charge in [-0.1, -0.05) is 82.0 Å². The van der Waals surface area contributed by atoms with Gasteiger partial charge in [0.1, 0.15) is 23.2 Å². The number of pyridine rings is 2. The van der Waals surface area contributed by atoms with Crippen LogP contribution < -0.4 is 9.64 Å². The molecule has 1 aliphatic carbocycles. The Balaban J connectivity index is 1.54. The molecule has 5 aromatic rings. The first-order valence-corrected chi connectivity index (χ1v) is 15.5. The number of benzene rings is 3. The minimum atomic E-state index is -0.688. The van der Waals surface area contributed by atoms with Crippen LogP contribution in [0.3, 0.4) is 0 Å². The van der Waals surface area contributed by atoms with Gasteiger partial charge in [-0.05, 0) is 66.4 Å². The second-order valence-corrected chi connectivity index (χ2v) is 11.4. The van der Waals surface area contributed by atoms with Crippen LogP contribution in [0.5, 0.6) is 5.75 Å². The van der Waals surface area contributed by atoms with Crippen molar-refractivity contribution >= 4 is 17.2 Å². The molecule has 0 amide bonds. The zero-order chi connectivity index (χ0) is 30.7. The molecule has 0 bridgehead atoms. The van der Waals surface area contributed by atoms with Crippen molar-refractivity contribution in [3.05, 3.63) is 120 Å². The van der Waals surface area contributed by atoms with E-state index in [1.807, 2.05) is 48.5 Å². The molecule has 0 unspecified atom stereocenters. The molecule has 6 heteroatoms. The summed E-state index contributed by atoms with van der Waals surface area (Å²) in [5, 5.41) is 0. The molecule has 0 atom stereocenters. The second kappa shape index (κ2) is 12.6. The molecule has 2 heterocycles. The largest absolute Gasteiger partial charge is 0.496 e. The van der Waals surface area contributed by atoms with Crippen LogP contribution in [-0.4, -0.2) is 17.1 Å². The fraction of sp³-hybridized carbons (Fsp3) is 0.263. The number of methoxy groups -OCH3 is 1. The highest BCUT2D eigenvalue weighted by Gasteiger charge is 2.44. The minimum Gasteiger partial charge on any atom is -0.496 e. The number of halogens is 2. The fourth-order valence-electron chi connectivity index (χ4n) is 6.66. The maximum atomic E-state index is 15.7. The van der Waals surface area contributed by atoms with E-state index in [1.165, 1.54) is 5.56 Å². The molecule has 1 aliphatic rings. The zero-order valence-corrected chi connectivity index (χ0v) is 25.5. The van der Waals surface area contributed by atoms with Crippen molar-refractivity contribution in [3.8, 4) is 28.3 Å². The molecule has 0 aliphatic heterocycles. The van der Waals surface area contributed by atoms with Gasteiger partial charge >= 0.3 is 0 Å². The van der Waals surface area contributed by atoms with Crippen molar-refractivity contribution < 1.29 is 13.5 Å². The molecule has 44 heavy (non-hydrogen) atoms. The molecule has 2 aromatic heterocycles. The van der Waals surface area contributed by atoms with Gasteiger partial charge in [-0.3, -0.25) is 4.90 Å². The van der Waals surface area contributed by atoms with Gasteiger partial charge in [0.25, 0.3) is 0 Å². The predicted molar refractivity (Wildman–Crippen MR) is 174 cm³/mol. The Bertz CT molecular complexity index is 1710. The fourth-order valence-corrected chi connectivity index (χ4v) is 6.66. The lowest BCUT2D eigenvalue weighted by Gasteiger charge is -2.32. The van der Waals surface area contributed by atoms with Crippen LogP contribution >= 0.6 is 0 Å². The summed E-state index contributed by atoms with van der Waals surface area (Å²) in [5.41, 5.74) is 5.54. The van der Waals surface area contributed by atoms with Gasteiger partial charge in [0.2, 0.25) is 0 Å². The SMILES string of the molecule is CCCCC1(CCCC)c2ccc(-c3cc(N(c4ccccc4)c4ccccn4)c(F)cc3F)nc2-c2c(OC)cccc21. The first-order chi connectivity index (χ1) is 21.5. The molecule has 224 valence electrons. The van der Waals surface area contributed by atoms with Crippen LogP contribution in [0.25, 0.3) is 22.5 Å². The Hall–Kier alpha value is -4.58. The van der Waals surface area contributed by atoms with E-state index in [0.717, 1.165) is 67.2 Å². The standard InChI is InChI=1S/C38H37F2N3O/c1-4-6-21-38(22-7-5-2)28-16-13-17-34(44-3)36(28)37-29(38)19-20-32(42-37)27-24-33(31(40)25-30(27)39)43(26-14-9-8-10-15-26)35-18-11-12-23-41-35/h8-20,23-25H,4-7,21-22H2,1-3H3. The molecular formula is C38H37F2N3O. The third-order valence-electron chi connectivity index (χ3n) is 8.77. The predicted octanol–water partition coefficient (Wildman–Crippen LogP) is 10.5. The number of rotatable bonds is 11. The first-order valence-electron chi connectivity index (χ1n) is 15.5. The van der Waals surface area contributed by atoms with Crippen molar-refractivity contribution in [2.24, 2.45) is 0 Å². The molecule has 4 nitrogen and oxygen atoms in total. The normalized spacial score (nSPS) is 12.9. The monoisotopic (exact) mass is 589 g/mol. The van der Waals surface area contributed by atoms with Crippen LogP contribution in [-0.2, 0) is 5.41 Å². The highest BCUT2D eigenvalue weighted by molar-refractivity contribution is 5.85. The Morgan fingerprint density at radius 1 is 0.773 bits per heavy atom. The Morgan fingerprint density at radius 3 is 2.20 bits per heavy atom. The molecule has 0 spiro atoms. The van der Waals surface area contributed by atoms with Crippen molar-refractivity contribution in [1.29, 1.82) is 0 Å². The number of hydrogen-bond donors (Lipinski definition) is 0. The number of fused-ring (bicyclic) bond motifs is 3. The van der Waals surface area contributed by atoms with Crippen molar-refractivity contribution in [2.45, 2.75) is 57.8 Å². The van der Waals surface area contributed by atoms with Crippen LogP contribution in [0.2, 0.25) is 0 Å². The lowest BCUT2D eigenvalue weighted by Crippen LogP contribution is -2.25. The summed E-state index contributed by atoms with van der Waals surface area (Å²) in [6, 6.07) is 27.6. The lowest BCUT2D eigenvalue weighted by molar-refractivity contribution is 0.405. The summed E-state index contributed by atoms with van der Waals surface area (Å²) in [4.78, 5) is 11.3. The molecule has 0 radical (unpaired) electrons. The van der Waals surface area contributed by atoms with E-state index in [0.29, 0.717) is 17.2 Å². The topological polar surface area (TPSA) is 38.2 Å². The average molecular weight is 590 g/mol. The molecule has 0 saturated carbocycles. The quantitative estimate of drug-likeness (QED) is 0.154. The summed E-state index contributed by atoms with van der Waals surface area (Å²) in [5.74, 6) is -0.0809. The van der Waals surface area contributed by atoms with Crippen LogP contribution in [0.1, 0.15) is 63.5 Å². The van der Waals surface area contributed by atoms with E-state index in [1.54, 1.807) is 36.4 Å². The molecule has 3 aromatic carbocycles.